The van der Waals surface area contributed by atoms with E-state index >= 15 is 0 Å². The van der Waals surface area contributed by atoms with Crippen LogP contribution in [-0.2, 0) is 13.5 Å². The Balaban J connectivity index is 2.46. The molecule has 7 nitrogen and oxygen atoms in total. The van der Waals surface area contributed by atoms with E-state index in [1.54, 1.807) is 28.7 Å². The van der Waals surface area contributed by atoms with Crippen molar-refractivity contribution in [2.45, 2.75) is 26.3 Å². The number of nitrogens with one attached hydrogen (secondary N) is 1. The van der Waals surface area contributed by atoms with Crippen LogP contribution in [-0.4, -0.2) is 38.6 Å². The minimum Gasteiger partial charge on any atom is -0.354 e. The lowest BCUT2D eigenvalue weighted by Gasteiger charge is -2.08. The van der Waals surface area contributed by atoms with Crippen molar-refractivity contribution in [3.8, 4) is 5.82 Å². The van der Waals surface area contributed by atoms with Gasteiger partial charge in [-0.3, -0.25) is 9.48 Å². The molecule has 2 heterocycles. The second kappa shape index (κ2) is 5.46. The van der Waals surface area contributed by atoms with E-state index in [0.29, 0.717) is 12.1 Å². The first-order valence-electron chi connectivity index (χ1n) is 6.50. The smallest absolute Gasteiger partial charge is 0.271 e. The van der Waals surface area contributed by atoms with Crippen LogP contribution in [0.1, 0.15) is 28.7 Å². The van der Waals surface area contributed by atoms with Gasteiger partial charge in [0.1, 0.15) is 0 Å². The first-order valence-corrected chi connectivity index (χ1v) is 6.50. The molecule has 0 bridgehead atoms. The molecule has 20 heavy (non-hydrogen) atoms. The Morgan fingerprint density at radius 3 is 2.80 bits per heavy atom. The molecule has 2 rings (SSSR count). The summed E-state index contributed by atoms with van der Waals surface area (Å²) in [6.07, 6.45) is 2.47. The predicted octanol–water partition coefficient (Wildman–Crippen LogP) is 0.164. The molecule has 0 fully saturated rings. The molecule has 0 radical (unpaired) electrons. The number of nitrogens with zero attached hydrogens (tertiary/aromatic N) is 4. The van der Waals surface area contributed by atoms with E-state index in [9.17, 15) is 4.79 Å². The molecule has 1 amide bonds. The van der Waals surface area contributed by atoms with Crippen LogP contribution in [0, 0.1) is 6.92 Å². The van der Waals surface area contributed by atoms with Gasteiger partial charge in [-0.15, -0.1) is 0 Å². The minimum absolute atomic E-state index is 0.0330. The largest absolute Gasteiger partial charge is 0.354 e. The van der Waals surface area contributed by atoms with Crippen LogP contribution in [0.2, 0.25) is 0 Å². The van der Waals surface area contributed by atoms with E-state index in [1.165, 1.54) is 0 Å². The van der Waals surface area contributed by atoms with Crippen molar-refractivity contribution in [2.75, 3.05) is 7.05 Å². The van der Waals surface area contributed by atoms with E-state index in [1.807, 2.05) is 20.9 Å². The van der Waals surface area contributed by atoms with Crippen LogP contribution in [0.25, 0.3) is 5.82 Å². The Morgan fingerprint density at radius 1 is 1.50 bits per heavy atom. The Morgan fingerprint density at radius 2 is 2.20 bits per heavy atom. The molecule has 108 valence electrons. The molecule has 0 aliphatic carbocycles. The number of hydrogen-bond acceptors (Lipinski definition) is 4. The highest BCUT2D eigenvalue weighted by molar-refractivity contribution is 5.91. The number of aryl methyl sites for hydroxylation is 2. The maximum Gasteiger partial charge on any atom is 0.271 e. The number of carbonyl (C=O) groups excluding carboxylic acids is 1. The molecule has 7 heteroatoms. The highest BCUT2D eigenvalue weighted by atomic mass is 16.1. The van der Waals surface area contributed by atoms with Gasteiger partial charge in [-0.2, -0.15) is 10.2 Å². The van der Waals surface area contributed by atoms with E-state index < -0.39 is 0 Å². The van der Waals surface area contributed by atoms with Gasteiger partial charge >= 0.3 is 0 Å². The summed E-state index contributed by atoms with van der Waals surface area (Å²) < 4.78 is 3.43. The van der Waals surface area contributed by atoms with Gasteiger partial charge in [0, 0.05) is 31.9 Å². The lowest BCUT2D eigenvalue weighted by molar-refractivity contribution is 0.0957. The fraction of sp³-hybridized carbons (Fsp3) is 0.462. The van der Waals surface area contributed by atoms with Crippen LogP contribution < -0.4 is 11.1 Å². The minimum atomic E-state index is -0.212. The van der Waals surface area contributed by atoms with Gasteiger partial charge in [0.15, 0.2) is 11.5 Å². The zero-order valence-corrected chi connectivity index (χ0v) is 12.2. The van der Waals surface area contributed by atoms with Crippen molar-refractivity contribution in [3.05, 3.63) is 29.2 Å². The zero-order chi connectivity index (χ0) is 14.9. The Bertz CT molecular complexity index is 625. The molecule has 0 saturated carbocycles. The summed E-state index contributed by atoms with van der Waals surface area (Å²) >= 11 is 0. The quantitative estimate of drug-likeness (QED) is 0.832. The third kappa shape index (κ3) is 2.57. The maximum atomic E-state index is 11.6. The summed E-state index contributed by atoms with van der Waals surface area (Å²) in [4.78, 5) is 11.6. The van der Waals surface area contributed by atoms with Crippen molar-refractivity contribution in [2.24, 2.45) is 12.8 Å². The molecule has 0 saturated heterocycles. The number of hydrogen-bond donors (Lipinski definition) is 2. The Labute approximate surface area is 117 Å². The van der Waals surface area contributed by atoms with Crippen molar-refractivity contribution in [3.63, 3.8) is 0 Å². The molecule has 3 N–H and O–H groups in total. The Kier molecular flexibility index (Phi) is 3.89. The summed E-state index contributed by atoms with van der Waals surface area (Å²) in [5.74, 6) is 0.631. The topological polar surface area (TPSA) is 90.8 Å². The van der Waals surface area contributed by atoms with Gasteiger partial charge in [-0.1, -0.05) is 0 Å². The van der Waals surface area contributed by atoms with Crippen LogP contribution >= 0.6 is 0 Å². The average Bonchev–Trinajstić information content (AvgIpc) is 2.94. The summed E-state index contributed by atoms with van der Waals surface area (Å²) in [6, 6.07) is 1.71. The third-order valence-corrected chi connectivity index (χ3v) is 3.11. The van der Waals surface area contributed by atoms with E-state index in [2.05, 4.69) is 15.5 Å². The first kappa shape index (κ1) is 14.3. The second-order valence-corrected chi connectivity index (χ2v) is 4.92. The SMILES string of the molecule is CNC(=O)c1ccn(-c2c(CC(C)N)c(C)nn2C)n1. The highest BCUT2D eigenvalue weighted by Crippen LogP contribution is 2.19. The van der Waals surface area contributed by atoms with E-state index in [0.717, 1.165) is 17.1 Å². The zero-order valence-electron chi connectivity index (χ0n) is 12.2. The molecule has 2 aromatic rings. The van der Waals surface area contributed by atoms with Crippen LogP contribution in [0.15, 0.2) is 12.3 Å². The normalized spacial score (nSPS) is 12.4. The molecular formula is C13H20N6O. The lowest BCUT2D eigenvalue weighted by atomic mass is 10.1. The summed E-state index contributed by atoms with van der Waals surface area (Å²) in [5, 5.41) is 11.3. The van der Waals surface area contributed by atoms with Crippen molar-refractivity contribution >= 4 is 5.91 Å². The highest BCUT2D eigenvalue weighted by Gasteiger charge is 2.18. The molecule has 0 aromatic carbocycles. The van der Waals surface area contributed by atoms with Crippen molar-refractivity contribution in [1.82, 2.24) is 24.9 Å². The third-order valence-electron chi connectivity index (χ3n) is 3.11. The number of rotatable bonds is 4. The van der Waals surface area contributed by atoms with Gasteiger partial charge in [0.05, 0.1) is 5.69 Å². The molecule has 1 atom stereocenters. The van der Waals surface area contributed by atoms with Gasteiger partial charge < -0.3 is 11.1 Å². The standard InChI is InChI=1S/C13H20N6O/c1-8(14)7-10-9(2)16-18(4)13(10)19-6-5-11(17-19)12(20)15-3/h5-6,8H,7,14H2,1-4H3,(H,15,20). The van der Waals surface area contributed by atoms with Gasteiger partial charge in [0.2, 0.25) is 0 Å². The predicted molar refractivity (Wildman–Crippen MR) is 75.8 cm³/mol. The summed E-state index contributed by atoms with van der Waals surface area (Å²) in [7, 11) is 3.44. The fourth-order valence-corrected chi connectivity index (χ4v) is 2.23. The number of amides is 1. The monoisotopic (exact) mass is 276 g/mol. The molecule has 2 aromatic heterocycles. The van der Waals surface area contributed by atoms with E-state index in [4.69, 9.17) is 5.73 Å². The fourth-order valence-electron chi connectivity index (χ4n) is 2.23. The van der Waals surface area contributed by atoms with Crippen molar-refractivity contribution < 1.29 is 4.79 Å². The van der Waals surface area contributed by atoms with Crippen LogP contribution in [0.5, 0.6) is 0 Å². The molecule has 0 aliphatic rings. The Hall–Kier alpha value is -2.15. The summed E-state index contributed by atoms with van der Waals surface area (Å²) in [5.41, 5.74) is 8.24. The number of carbonyl (C=O) groups is 1. The molecule has 1 unspecified atom stereocenters. The molecule has 0 aliphatic heterocycles. The van der Waals surface area contributed by atoms with Crippen molar-refractivity contribution in [1.29, 1.82) is 0 Å². The van der Waals surface area contributed by atoms with Gasteiger partial charge in [-0.05, 0) is 26.3 Å². The van der Waals surface area contributed by atoms with Crippen LogP contribution in [0.3, 0.4) is 0 Å². The second-order valence-electron chi connectivity index (χ2n) is 4.92. The maximum absolute atomic E-state index is 11.6. The lowest BCUT2D eigenvalue weighted by Crippen LogP contribution is -2.20. The van der Waals surface area contributed by atoms with E-state index in [-0.39, 0.29) is 11.9 Å². The first-order chi connectivity index (χ1) is 9.43. The molecular weight excluding hydrogens is 256 g/mol. The number of nitrogens with two attached hydrogens (primary N) is 1. The van der Waals surface area contributed by atoms with Gasteiger partial charge in [-0.25, -0.2) is 4.68 Å². The number of aromatic nitrogens is 4. The van der Waals surface area contributed by atoms with Crippen LogP contribution in [0.4, 0.5) is 0 Å². The summed E-state index contributed by atoms with van der Waals surface area (Å²) in [6.45, 7) is 3.90. The van der Waals surface area contributed by atoms with Gasteiger partial charge in [0.25, 0.3) is 5.91 Å². The molecule has 0 spiro atoms. The average molecular weight is 276 g/mol.